The summed E-state index contributed by atoms with van der Waals surface area (Å²) in [7, 11) is -1.76. The molecular weight excluding hydrogens is 250 g/mol. The standard InChI is InChI=1S/C13H19NO3S/c1-17-12-5-2-3-6-13(12)18(15,16)10-4-9-14-11-7-8-11/h2-3,5-6,11,14H,4,7-10H2,1H3. The molecule has 5 heteroatoms. The highest BCUT2D eigenvalue weighted by Crippen LogP contribution is 2.24. The van der Waals surface area contributed by atoms with Gasteiger partial charge < -0.3 is 10.1 Å². The van der Waals surface area contributed by atoms with Crippen LogP contribution in [0.25, 0.3) is 0 Å². The van der Waals surface area contributed by atoms with E-state index in [0.717, 1.165) is 6.54 Å². The predicted octanol–water partition coefficient (Wildman–Crippen LogP) is 1.61. The number of sulfone groups is 1. The molecule has 0 spiro atoms. The summed E-state index contributed by atoms with van der Waals surface area (Å²) < 4.78 is 29.4. The van der Waals surface area contributed by atoms with E-state index < -0.39 is 9.84 Å². The Kier molecular flexibility index (Phi) is 4.24. The van der Waals surface area contributed by atoms with Crippen molar-refractivity contribution >= 4 is 9.84 Å². The van der Waals surface area contributed by atoms with Gasteiger partial charge >= 0.3 is 0 Å². The van der Waals surface area contributed by atoms with Gasteiger partial charge in [0.1, 0.15) is 10.6 Å². The molecule has 1 N–H and O–H groups in total. The van der Waals surface area contributed by atoms with Gasteiger partial charge in [-0.2, -0.15) is 0 Å². The fourth-order valence-electron chi connectivity index (χ4n) is 1.84. The van der Waals surface area contributed by atoms with Crippen LogP contribution in [0.4, 0.5) is 0 Å². The molecule has 1 fully saturated rings. The molecule has 18 heavy (non-hydrogen) atoms. The zero-order valence-electron chi connectivity index (χ0n) is 10.6. The van der Waals surface area contributed by atoms with Gasteiger partial charge in [0.25, 0.3) is 0 Å². The topological polar surface area (TPSA) is 55.4 Å². The Morgan fingerprint density at radius 3 is 2.72 bits per heavy atom. The Labute approximate surface area is 108 Å². The maximum Gasteiger partial charge on any atom is 0.182 e. The summed E-state index contributed by atoms with van der Waals surface area (Å²) >= 11 is 0. The van der Waals surface area contributed by atoms with E-state index in [1.807, 2.05) is 0 Å². The fourth-order valence-corrected chi connectivity index (χ4v) is 3.33. The number of nitrogens with one attached hydrogen (secondary N) is 1. The van der Waals surface area contributed by atoms with E-state index in [1.54, 1.807) is 24.3 Å². The number of benzene rings is 1. The molecule has 2 rings (SSSR count). The van der Waals surface area contributed by atoms with Crippen molar-refractivity contribution in [2.45, 2.75) is 30.2 Å². The summed E-state index contributed by atoms with van der Waals surface area (Å²) in [6.45, 7) is 0.763. The number of hydrogen-bond acceptors (Lipinski definition) is 4. The summed E-state index contributed by atoms with van der Waals surface area (Å²) in [5.41, 5.74) is 0. The van der Waals surface area contributed by atoms with Crippen molar-refractivity contribution in [3.63, 3.8) is 0 Å². The highest BCUT2D eigenvalue weighted by Gasteiger charge is 2.21. The third kappa shape index (κ3) is 3.46. The Morgan fingerprint density at radius 2 is 2.06 bits per heavy atom. The predicted molar refractivity (Wildman–Crippen MR) is 70.7 cm³/mol. The fraction of sp³-hybridized carbons (Fsp3) is 0.538. The second-order valence-corrected chi connectivity index (χ2v) is 6.63. The zero-order chi connectivity index (χ0) is 13.0. The van der Waals surface area contributed by atoms with E-state index in [-0.39, 0.29) is 5.75 Å². The summed E-state index contributed by atoms with van der Waals surface area (Å²) in [5, 5.41) is 3.31. The first-order valence-corrected chi connectivity index (χ1v) is 7.88. The first kappa shape index (κ1) is 13.4. The van der Waals surface area contributed by atoms with E-state index >= 15 is 0 Å². The summed E-state index contributed by atoms with van der Waals surface area (Å²) in [6, 6.07) is 7.39. The van der Waals surface area contributed by atoms with Gasteiger partial charge in [0.2, 0.25) is 0 Å². The van der Waals surface area contributed by atoms with Gasteiger partial charge in [-0.3, -0.25) is 0 Å². The van der Waals surface area contributed by atoms with Crippen LogP contribution in [0.3, 0.4) is 0 Å². The second kappa shape index (κ2) is 5.71. The van der Waals surface area contributed by atoms with Crippen LogP contribution in [-0.2, 0) is 9.84 Å². The van der Waals surface area contributed by atoms with Crippen LogP contribution in [-0.4, -0.2) is 33.9 Å². The molecule has 4 nitrogen and oxygen atoms in total. The maximum absolute atomic E-state index is 12.2. The van der Waals surface area contributed by atoms with Gasteiger partial charge in [0.15, 0.2) is 9.84 Å². The Bertz CT molecular complexity index is 495. The van der Waals surface area contributed by atoms with Crippen LogP contribution in [0.15, 0.2) is 29.2 Å². The minimum Gasteiger partial charge on any atom is -0.495 e. The summed E-state index contributed by atoms with van der Waals surface area (Å²) in [6.07, 6.45) is 3.08. The van der Waals surface area contributed by atoms with Gasteiger partial charge in [-0.05, 0) is 37.9 Å². The first-order valence-electron chi connectivity index (χ1n) is 6.22. The number of para-hydroxylation sites is 1. The van der Waals surface area contributed by atoms with Gasteiger partial charge in [0.05, 0.1) is 12.9 Å². The lowest BCUT2D eigenvalue weighted by Crippen LogP contribution is -2.20. The Hall–Kier alpha value is -1.07. The largest absolute Gasteiger partial charge is 0.495 e. The van der Waals surface area contributed by atoms with Crippen LogP contribution in [0.1, 0.15) is 19.3 Å². The number of ether oxygens (including phenoxy) is 1. The minimum atomic E-state index is -3.25. The van der Waals surface area contributed by atoms with Crippen molar-refractivity contribution in [3.05, 3.63) is 24.3 Å². The third-order valence-electron chi connectivity index (χ3n) is 3.00. The van der Waals surface area contributed by atoms with E-state index in [2.05, 4.69) is 5.32 Å². The lowest BCUT2D eigenvalue weighted by molar-refractivity contribution is 0.402. The van der Waals surface area contributed by atoms with Crippen molar-refractivity contribution in [1.29, 1.82) is 0 Å². The zero-order valence-corrected chi connectivity index (χ0v) is 11.4. The SMILES string of the molecule is COc1ccccc1S(=O)(=O)CCCNC1CC1. The number of rotatable bonds is 7. The van der Waals surface area contributed by atoms with Crippen LogP contribution >= 0.6 is 0 Å². The average molecular weight is 269 g/mol. The Balaban J connectivity index is 1.95. The molecule has 100 valence electrons. The van der Waals surface area contributed by atoms with Gasteiger partial charge in [-0.25, -0.2) is 8.42 Å². The van der Waals surface area contributed by atoms with E-state index in [4.69, 9.17) is 4.74 Å². The van der Waals surface area contributed by atoms with Crippen molar-refractivity contribution in [3.8, 4) is 5.75 Å². The molecule has 0 bridgehead atoms. The highest BCUT2D eigenvalue weighted by atomic mass is 32.2. The van der Waals surface area contributed by atoms with E-state index in [1.165, 1.54) is 20.0 Å². The van der Waals surface area contributed by atoms with Crippen LogP contribution in [0.5, 0.6) is 5.75 Å². The third-order valence-corrected chi connectivity index (χ3v) is 4.84. The molecule has 0 aliphatic heterocycles. The van der Waals surface area contributed by atoms with Gasteiger partial charge in [0, 0.05) is 6.04 Å². The van der Waals surface area contributed by atoms with E-state index in [0.29, 0.717) is 23.1 Å². The molecule has 0 saturated heterocycles. The molecule has 1 aliphatic carbocycles. The molecule has 1 saturated carbocycles. The molecular formula is C13H19NO3S. The van der Waals surface area contributed by atoms with Gasteiger partial charge in [-0.1, -0.05) is 12.1 Å². The number of hydrogen-bond donors (Lipinski definition) is 1. The average Bonchev–Trinajstić information content (AvgIpc) is 3.19. The van der Waals surface area contributed by atoms with Crippen LogP contribution in [0, 0.1) is 0 Å². The molecule has 0 amide bonds. The summed E-state index contributed by atoms with van der Waals surface area (Å²) in [4.78, 5) is 0.291. The maximum atomic E-state index is 12.2. The lowest BCUT2D eigenvalue weighted by atomic mass is 10.3. The number of methoxy groups -OCH3 is 1. The molecule has 1 aromatic rings. The van der Waals surface area contributed by atoms with Crippen LogP contribution in [0.2, 0.25) is 0 Å². The summed E-state index contributed by atoms with van der Waals surface area (Å²) in [5.74, 6) is 0.584. The van der Waals surface area contributed by atoms with Crippen molar-refractivity contribution < 1.29 is 13.2 Å². The van der Waals surface area contributed by atoms with E-state index in [9.17, 15) is 8.42 Å². The van der Waals surface area contributed by atoms with Crippen LogP contribution < -0.4 is 10.1 Å². The van der Waals surface area contributed by atoms with Crippen molar-refractivity contribution in [2.75, 3.05) is 19.4 Å². The first-order chi connectivity index (χ1) is 8.63. The molecule has 1 aromatic carbocycles. The van der Waals surface area contributed by atoms with Crippen molar-refractivity contribution in [1.82, 2.24) is 5.32 Å². The monoisotopic (exact) mass is 269 g/mol. The lowest BCUT2D eigenvalue weighted by Gasteiger charge is -2.09. The quantitative estimate of drug-likeness (QED) is 0.764. The smallest absolute Gasteiger partial charge is 0.182 e. The normalized spacial score (nSPS) is 15.6. The van der Waals surface area contributed by atoms with Crippen molar-refractivity contribution in [2.24, 2.45) is 0 Å². The molecule has 0 radical (unpaired) electrons. The molecule has 0 aromatic heterocycles. The minimum absolute atomic E-state index is 0.160. The van der Waals surface area contributed by atoms with Gasteiger partial charge in [-0.15, -0.1) is 0 Å². The molecule has 0 heterocycles. The molecule has 0 atom stereocenters. The molecule has 1 aliphatic rings. The Morgan fingerprint density at radius 1 is 1.33 bits per heavy atom. The second-order valence-electron chi connectivity index (χ2n) is 4.55. The molecule has 0 unspecified atom stereocenters. The highest BCUT2D eigenvalue weighted by molar-refractivity contribution is 7.91.